The normalized spacial score (nSPS) is 12.0. The van der Waals surface area contributed by atoms with Crippen molar-refractivity contribution in [1.82, 2.24) is 4.98 Å². The summed E-state index contributed by atoms with van der Waals surface area (Å²) in [4.78, 5) is 25.6. The van der Waals surface area contributed by atoms with Gasteiger partial charge in [0.15, 0.2) is 5.69 Å². The first-order valence-electron chi connectivity index (χ1n) is 6.10. The number of thiazole rings is 1. The number of aliphatic carboxylic acids is 1. The molecule has 0 spiro atoms. The lowest BCUT2D eigenvalue weighted by atomic mass is 10.2. The van der Waals surface area contributed by atoms with Crippen LogP contribution in [0.4, 0.5) is 0 Å². The van der Waals surface area contributed by atoms with E-state index in [0.717, 1.165) is 11.1 Å². The number of carbonyl (C=O) groups is 2. The van der Waals surface area contributed by atoms with Gasteiger partial charge in [-0.15, -0.1) is 23.1 Å². The minimum absolute atomic E-state index is 0.0462. The third-order valence-corrected chi connectivity index (χ3v) is 4.86. The van der Waals surface area contributed by atoms with E-state index in [4.69, 9.17) is 10.2 Å². The molecule has 0 aliphatic rings. The molecule has 2 aromatic rings. The molecule has 0 amide bonds. The Bertz CT molecular complexity index is 651. The van der Waals surface area contributed by atoms with E-state index in [0.29, 0.717) is 10.8 Å². The molecule has 0 saturated heterocycles. The van der Waals surface area contributed by atoms with Gasteiger partial charge in [-0.05, 0) is 12.5 Å². The molecule has 1 heterocycles. The summed E-state index contributed by atoms with van der Waals surface area (Å²) >= 11 is 2.64. The van der Waals surface area contributed by atoms with E-state index in [1.807, 2.05) is 24.3 Å². The molecule has 21 heavy (non-hydrogen) atoms. The fourth-order valence-corrected chi connectivity index (χ4v) is 3.12. The van der Waals surface area contributed by atoms with E-state index < -0.39 is 17.2 Å². The van der Waals surface area contributed by atoms with Gasteiger partial charge in [0.25, 0.3) is 0 Å². The second-order valence-corrected chi connectivity index (χ2v) is 6.52. The van der Waals surface area contributed by atoms with Crippen LogP contribution in [0.3, 0.4) is 0 Å². The maximum atomic E-state index is 10.8. The average molecular weight is 323 g/mol. The molecule has 0 radical (unpaired) electrons. The third-order valence-electron chi connectivity index (χ3n) is 2.77. The predicted octanol–water partition coefficient (Wildman–Crippen LogP) is 3.21. The van der Waals surface area contributed by atoms with E-state index in [1.54, 1.807) is 6.92 Å². The number of carboxylic acid groups (broad SMARTS) is 2. The molecule has 2 N–H and O–H groups in total. The number of carboxylic acids is 2. The van der Waals surface area contributed by atoms with E-state index in [-0.39, 0.29) is 5.69 Å². The van der Waals surface area contributed by atoms with Crippen molar-refractivity contribution in [3.05, 3.63) is 40.9 Å². The van der Waals surface area contributed by atoms with Crippen molar-refractivity contribution in [3.8, 4) is 10.6 Å². The van der Waals surface area contributed by atoms with Crippen LogP contribution in [0.25, 0.3) is 10.6 Å². The highest BCUT2D eigenvalue weighted by atomic mass is 32.2. The molecular formula is C14H13NO4S2. The molecule has 1 aromatic heterocycles. The number of nitrogens with zero attached hydrogens (tertiary/aromatic N) is 1. The van der Waals surface area contributed by atoms with Crippen LogP contribution in [-0.2, 0) is 10.5 Å². The lowest BCUT2D eigenvalue weighted by Crippen LogP contribution is -2.11. The van der Waals surface area contributed by atoms with Crippen LogP contribution in [0.2, 0.25) is 0 Å². The molecule has 0 saturated carbocycles. The predicted molar refractivity (Wildman–Crippen MR) is 82.9 cm³/mol. The summed E-state index contributed by atoms with van der Waals surface area (Å²) in [5.74, 6) is -1.24. The molecular weight excluding hydrogens is 310 g/mol. The highest BCUT2D eigenvalue weighted by Gasteiger charge is 2.12. The Balaban J connectivity index is 2.04. The Hall–Kier alpha value is -1.86. The quantitative estimate of drug-likeness (QED) is 0.848. The number of hydrogen-bond donors (Lipinski definition) is 2. The van der Waals surface area contributed by atoms with Crippen molar-refractivity contribution >= 4 is 35.0 Å². The summed E-state index contributed by atoms with van der Waals surface area (Å²) in [6.45, 7) is 1.66. The van der Waals surface area contributed by atoms with Crippen LogP contribution in [0.1, 0.15) is 23.0 Å². The van der Waals surface area contributed by atoms with Gasteiger partial charge < -0.3 is 10.2 Å². The third kappa shape index (κ3) is 4.05. The Morgan fingerprint density at radius 2 is 1.95 bits per heavy atom. The van der Waals surface area contributed by atoms with Crippen molar-refractivity contribution in [2.24, 2.45) is 0 Å². The fourth-order valence-electron chi connectivity index (χ4n) is 1.54. The van der Waals surface area contributed by atoms with Crippen molar-refractivity contribution in [1.29, 1.82) is 0 Å². The topological polar surface area (TPSA) is 87.5 Å². The van der Waals surface area contributed by atoms with Gasteiger partial charge in [0.2, 0.25) is 0 Å². The summed E-state index contributed by atoms with van der Waals surface area (Å²) < 4.78 is 0. The Morgan fingerprint density at radius 1 is 1.29 bits per heavy atom. The highest BCUT2D eigenvalue weighted by Crippen LogP contribution is 2.25. The van der Waals surface area contributed by atoms with Gasteiger partial charge in [-0.1, -0.05) is 24.3 Å². The summed E-state index contributed by atoms with van der Waals surface area (Å²) in [5.41, 5.74) is 1.92. The molecule has 0 bridgehead atoms. The molecule has 7 heteroatoms. The monoisotopic (exact) mass is 323 g/mol. The van der Waals surface area contributed by atoms with Gasteiger partial charge in [-0.25, -0.2) is 9.78 Å². The van der Waals surface area contributed by atoms with Gasteiger partial charge in [-0.3, -0.25) is 4.79 Å². The number of hydrogen-bond acceptors (Lipinski definition) is 5. The number of benzene rings is 1. The van der Waals surface area contributed by atoms with Gasteiger partial charge in [0, 0.05) is 16.7 Å². The zero-order valence-electron chi connectivity index (χ0n) is 11.1. The average Bonchev–Trinajstić information content (AvgIpc) is 2.95. The molecule has 2 rings (SSSR count). The summed E-state index contributed by atoms with van der Waals surface area (Å²) in [6.07, 6.45) is 0. The van der Waals surface area contributed by atoms with Gasteiger partial charge >= 0.3 is 11.9 Å². The Morgan fingerprint density at radius 3 is 2.48 bits per heavy atom. The van der Waals surface area contributed by atoms with Crippen LogP contribution in [0.5, 0.6) is 0 Å². The molecule has 0 fully saturated rings. The van der Waals surface area contributed by atoms with Gasteiger partial charge in [-0.2, -0.15) is 0 Å². The lowest BCUT2D eigenvalue weighted by molar-refractivity contribution is -0.136. The highest BCUT2D eigenvalue weighted by molar-refractivity contribution is 7.99. The first-order valence-corrected chi connectivity index (χ1v) is 8.02. The second kappa shape index (κ2) is 6.73. The number of aromatic carboxylic acids is 1. The SMILES string of the molecule is CC(SCc1ccc(-c2nc(C(=O)O)cs2)cc1)C(=O)O. The smallest absolute Gasteiger partial charge is 0.355 e. The first-order chi connectivity index (χ1) is 9.97. The van der Waals surface area contributed by atoms with Crippen molar-refractivity contribution in [2.45, 2.75) is 17.9 Å². The standard InChI is InChI=1S/C14H13NO4S2/c1-8(13(16)17)20-6-9-2-4-10(5-3-9)12-15-11(7-21-12)14(18)19/h2-5,7-8H,6H2,1H3,(H,16,17)(H,18,19). The molecule has 1 atom stereocenters. The van der Waals surface area contributed by atoms with Crippen LogP contribution in [0, 0.1) is 0 Å². The maximum Gasteiger partial charge on any atom is 0.355 e. The van der Waals surface area contributed by atoms with E-state index >= 15 is 0 Å². The molecule has 0 aliphatic heterocycles. The minimum Gasteiger partial charge on any atom is -0.480 e. The van der Waals surface area contributed by atoms with Gasteiger partial charge in [0.1, 0.15) is 5.01 Å². The number of aromatic nitrogens is 1. The molecule has 5 nitrogen and oxygen atoms in total. The zero-order chi connectivity index (χ0) is 15.4. The fraction of sp³-hybridized carbons (Fsp3) is 0.214. The minimum atomic E-state index is -1.03. The summed E-state index contributed by atoms with van der Waals surface area (Å²) in [6, 6.07) is 7.54. The van der Waals surface area contributed by atoms with Crippen molar-refractivity contribution in [3.63, 3.8) is 0 Å². The molecule has 1 unspecified atom stereocenters. The van der Waals surface area contributed by atoms with Crippen LogP contribution in [0.15, 0.2) is 29.6 Å². The van der Waals surface area contributed by atoms with E-state index in [2.05, 4.69) is 4.98 Å². The van der Waals surface area contributed by atoms with Crippen LogP contribution in [-0.4, -0.2) is 32.4 Å². The number of thioether (sulfide) groups is 1. The Labute approximate surface area is 129 Å². The molecule has 110 valence electrons. The van der Waals surface area contributed by atoms with E-state index in [1.165, 1.54) is 28.5 Å². The lowest BCUT2D eigenvalue weighted by Gasteiger charge is -2.06. The van der Waals surface area contributed by atoms with Crippen LogP contribution < -0.4 is 0 Å². The zero-order valence-corrected chi connectivity index (χ0v) is 12.8. The second-order valence-electron chi connectivity index (χ2n) is 4.33. The Kier molecular flexibility index (Phi) is 4.98. The maximum absolute atomic E-state index is 10.8. The first kappa shape index (κ1) is 15.5. The summed E-state index contributed by atoms with van der Waals surface area (Å²) in [7, 11) is 0. The van der Waals surface area contributed by atoms with E-state index in [9.17, 15) is 9.59 Å². The van der Waals surface area contributed by atoms with Crippen molar-refractivity contribution < 1.29 is 19.8 Å². The summed E-state index contributed by atoms with van der Waals surface area (Å²) in [5, 5.41) is 19.4. The molecule has 0 aliphatic carbocycles. The van der Waals surface area contributed by atoms with Gasteiger partial charge in [0.05, 0.1) is 5.25 Å². The molecule has 1 aromatic carbocycles. The van der Waals surface area contributed by atoms with Crippen LogP contribution >= 0.6 is 23.1 Å². The number of rotatable bonds is 6. The largest absolute Gasteiger partial charge is 0.480 e. The van der Waals surface area contributed by atoms with Crippen molar-refractivity contribution in [2.75, 3.05) is 0 Å².